The van der Waals surface area contributed by atoms with Crippen molar-refractivity contribution < 1.29 is 4.74 Å². The van der Waals surface area contributed by atoms with Crippen LogP contribution in [0.15, 0.2) is 24.8 Å². The summed E-state index contributed by atoms with van der Waals surface area (Å²) in [6.07, 6.45) is 4.87. The number of halogens is 1. The fourth-order valence-corrected chi connectivity index (χ4v) is 1.78. The van der Waals surface area contributed by atoms with Crippen molar-refractivity contribution in [2.45, 2.75) is 6.92 Å². The number of hydrogen-bond acceptors (Lipinski definition) is 6. The Labute approximate surface area is 119 Å². The average Bonchev–Trinajstić information content (AvgIpc) is 2.99. The molecule has 0 aliphatic rings. The molecule has 0 aliphatic heterocycles. The molecular weight excluding hydrogens is 282 g/mol. The van der Waals surface area contributed by atoms with Crippen LogP contribution in [0.4, 0.5) is 0 Å². The molecule has 0 amide bonds. The molecular formula is C11H10ClN7O. The first kappa shape index (κ1) is 12.5. The van der Waals surface area contributed by atoms with Crippen LogP contribution in [0.5, 0.6) is 11.9 Å². The molecule has 8 nitrogen and oxygen atoms in total. The molecule has 0 aromatic carbocycles. The summed E-state index contributed by atoms with van der Waals surface area (Å²) in [5, 5.41) is 4.21. The van der Waals surface area contributed by atoms with Gasteiger partial charge in [-0.1, -0.05) is 0 Å². The van der Waals surface area contributed by atoms with Crippen LogP contribution >= 0.6 is 11.6 Å². The minimum atomic E-state index is 0.0394. The summed E-state index contributed by atoms with van der Waals surface area (Å²) in [5.41, 5.74) is 0.831. The molecule has 0 saturated heterocycles. The van der Waals surface area contributed by atoms with Gasteiger partial charge >= 0.3 is 6.01 Å². The molecule has 0 bridgehead atoms. The van der Waals surface area contributed by atoms with Gasteiger partial charge in [0.2, 0.25) is 17.1 Å². The Morgan fingerprint density at radius 1 is 1.25 bits per heavy atom. The predicted molar refractivity (Wildman–Crippen MR) is 70.0 cm³/mol. The van der Waals surface area contributed by atoms with Gasteiger partial charge in [0, 0.05) is 25.5 Å². The quantitative estimate of drug-likeness (QED) is 0.728. The Morgan fingerprint density at radius 3 is 2.75 bits per heavy atom. The Kier molecular flexibility index (Phi) is 3.07. The summed E-state index contributed by atoms with van der Waals surface area (Å²) in [6.45, 7) is 1.87. The summed E-state index contributed by atoms with van der Waals surface area (Å²) >= 11 is 5.88. The highest BCUT2D eigenvalue weighted by molar-refractivity contribution is 6.28. The molecule has 3 aromatic heterocycles. The molecule has 102 valence electrons. The summed E-state index contributed by atoms with van der Waals surface area (Å²) in [6, 6.07) is 1.87. The van der Waals surface area contributed by atoms with Crippen LogP contribution in [0.3, 0.4) is 0 Å². The summed E-state index contributed by atoms with van der Waals surface area (Å²) < 4.78 is 8.76. The van der Waals surface area contributed by atoms with Gasteiger partial charge in [-0.3, -0.25) is 4.57 Å². The van der Waals surface area contributed by atoms with Crippen molar-refractivity contribution in [3.8, 4) is 17.8 Å². The fraction of sp³-hybridized carbons (Fsp3) is 0.182. The van der Waals surface area contributed by atoms with E-state index in [2.05, 4.69) is 25.0 Å². The van der Waals surface area contributed by atoms with Gasteiger partial charge in [-0.15, -0.1) is 0 Å². The van der Waals surface area contributed by atoms with Crippen molar-refractivity contribution >= 4 is 11.6 Å². The molecule has 0 saturated carbocycles. The van der Waals surface area contributed by atoms with Gasteiger partial charge in [-0.05, 0) is 18.5 Å². The molecule has 0 spiro atoms. The van der Waals surface area contributed by atoms with Crippen LogP contribution < -0.4 is 4.74 Å². The lowest BCUT2D eigenvalue weighted by atomic mass is 10.5. The summed E-state index contributed by atoms with van der Waals surface area (Å²) in [7, 11) is 1.77. The molecule has 0 radical (unpaired) electrons. The number of ether oxygens (including phenoxy) is 1. The van der Waals surface area contributed by atoms with E-state index in [1.807, 2.05) is 6.92 Å². The standard InChI is InChI=1S/C11H10ClN7O/c1-7-5-8(18(2)17-7)20-11-15-9(12)14-10(16-11)19-4-3-13-6-19/h3-6H,1-2H3. The first-order chi connectivity index (χ1) is 9.61. The van der Waals surface area contributed by atoms with E-state index < -0.39 is 0 Å². The van der Waals surface area contributed by atoms with Crippen LogP contribution in [-0.2, 0) is 7.05 Å². The minimum absolute atomic E-state index is 0.0394. The Bertz CT molecular complexity index is 737. The van der Waals surface area contributed by atoms with E-state index >= 15 is 0 Å². The lowest BCUT2D eigenvalue weighted by molar-refractivity contribution is 0.396. The number of aryl methyl sites for hydroxylation is 2. The molecule has 20 heavy (non-hydrogen) atoms. The van der Waals surface area contributed by atoms with Gasteiger partial charge in [0.15, 0.2) is 0 Å². The number of nitrogens with zero attached hydrogens (tertiary/aromatic N) is 7. The minimum Gasteiger partial charge on any atom is -0.405 e. The molecule has 0 aliphatic carbocycles. The maximum Gasteiger partial charge on any atom is 0.329 e. The number of hydrogen-bond donors (Lipinski definition) is 0. The monoisotopic (exact) mass is 291 g/mol. The zero-order valence-electron chi connectivity index (χ0n) is 10.7. The van der Waals surface area contributed by atoms with E-state index in [1.165, 1.54) is 0 Å². The SMILES string of the molecule is Cc1cc(Oc2nc(Cl)nc(-n3ccnc3)n2)n(C)n1. The highest BCUT2D eigenvalue weighted by Gasteiger charge is 2.11. The van der Waals surface area contributed by atoms with Gasteiger partial charge in [0.05, 0.1) is 5.69 Å². The number of imidazole rings is 1. The Balaban J connectivity index is 1.96. The van der Waals surface area contributed by atoms with Gasteiger partial charge in [0.25, 0.3) is 0 Å². The molecule has 3 heterocycles. The van der Waals surface area contributed by atoms with Gasteiger partial charge < -0.3 is 4.74 Å². The van der Waals surface area contributed by atoms with Crippen LogP contribution in [0.1, 0.15) is 5.69 Å². The summed E-state index contributed by atoms with van der Waals surface area (Å²) in [4.78, 5) is 16.0. The Morgan fingerprint density at radius 2 is 2.10 bits per heavy atom. The largest absolute Gasteiger partial charge is 0.405 e. The topological polar surface area (TPSA) is 83.5 Å². The molecule has 9 heteroatoms. The van der Waals surface area contributed by atoms with E-state index in [0.717, 1.165) is 5.69 Å². The second-order valence-electron chi connectivity index (χ2n) is 4.01. The molecule has 0 N–H and O–H groups in total. The van der Waals surface area contributed by atoms with Crippen LogP contribution in [0, 0.1) is 6.92 Å². The van der Waals surface area contributed by atoms with E-state index in [1.54, 1.807) is 41.1 Å². The van der Waals surface area contributed by atoms with E-state index in [0.29, 0.717) is 11.8 Å². The molecule has 0 unspecified atom stereocenters. The predicted octanol–water partition coefficient (Wildman–Crippen LogP) is 1.54. The maximum atomic E-state index is 5.88. The first-order valence-electron chi connectivity index (χ1n) is 5.70. The first-order valence-corrected chi connectivity index (χ1v) is 6.08. The van der Waals surface area contributed by atoms with Gasteiger partial charge in [-0.25, -0.2) is 9.67 Å². The maximum absolute atomic E-state index is 5.88. The van der Waals surface area contributed by atoms with E-state index in [-0.39, 0.29) is 11.3 Å². The lowest BCUT2D eigenvalue weighted by Gasteiger charge is -2.05. The van der Waals surface area contributed by atoms with Crippen molar-refractivity contribution in [2.24, 2.45) is 7.05 Å². The van der Waals surface area contributed by atoms with Crippen molar-refractivity contribution in [2.75, 3.05) is 0 Å². The third-order valence-electron chi connectivity index (χ3n) is 2.47. The van der Waals surface area contributed by atoms with E-state index in [4.69, 9.17) is 16.3 Å². The molecule has 0 atom stereocenters. The average molecular weight is 292 g/mol. The zero-order chi connectivity index (χ0) is 14.1. The third-order valence-corrected chi connectivity index (χ3v) is 2.64. The van der Waals surface area contributed by atoms with Crippen molar-refractivity contribution in [1.29, 1.82) is 0 Å². The van der Waals surface area contributed by atoms with E-state index in [9.17, 15) is 0 Å². The smallest absolute Gasteiger partial charge is 0.329 e. The highest BCUT2D eigenvalue weighted by Crippen LogP contribution is 2.19. The molecule has 3 aromatic rings. The normalized spacial score (nSPS) is 10.8. The second kappa shape index (κ2) is 4.89. The number of rotatable bonds is 3. The van der Waals surface area contributed by atoms with Crippen molar-refractivity contribution in [3.05, 3.63) is 35.8 Å². The fourth-order valence-electron chi connectivity index (χ4n) is 1.64. The Hall–Kier alpha value is -2.48. The zero-order valence-corrected chi connectivity index (χ0v) is 11.5. The van der Waals surface area contributed by atoms with Crippen LogP contribution in [-0.4, -0.2) is 34.3 Å². The van der Waals surface area contributed by atoms with Crippen LogP contribution in [0.2, 0.25) is 5.28 Å². The van der Waals surface area contributed by atoms with Crippen molar-refractivity contribution in [3.63, 3.8) is 0 Å². The second-order valence-corrected chi connectivity index (χ2v) is 4.34. The van der Waals surface area contributed by atoms with Crippen molar-refractivity contribution in [1.82, 2.24) is 34.3 Å². The number of aromatic nitrogens is 7. The molecule has 3 rings (SSSR count). The molecule has 0 fully saturated rings. The third kappa shape index (κ3) is 2.45. The van der Waals surface area contributed by atoms with Crippen LogP contribution in [0.25, 0.3) is 5.95 Å². The summed E-state index contributed by atoms with van der Waals surface area (Å²) in [5.74, 6) is 0.845. The highest BCUT2D eigenvalue weighted by atomic mass is 35.5. The lowest BCUT2D eigenvalue weighted by Crippen LogP contribution is -2.04. The van der Waals surface area contributed by atoms with Gasteiger partial charge in [0.1, 0.15) is 6.33 Å². The van der Waals surface area contributed by atoms with Gasteiger partial charge in [-0.2, -0.15) is 20.1 Å².